The standard InChI is InChI=1S/C45H53ClN6O6/c1-44(2)42(45(3,4)43(44)58-32-16-15-31(27-47)35(46)26-32)49-39(54)30-13-11-29(12-14-30)8-5-6-19-50-20-22-51(23-21-50)24-25-57-37-10-7-9-33-34(37)28-52(41(33)56)36-17-18-38(53)48-40(36)55/h7,9-16,26,36,42-43H,5-6,8,17-25,28H2,1-4H3,(H,49,54)(H,48,53,55)/t36-,42?,43?/m0/s1. The molecular weight excluding hydrogens is 756 g/mol. The van der Waals surface area contributed by atoms with E-state index in [1.54, 1.807) is 29.2 Å². The first-order valence-electron chi connectivity index (χ1n) is 20.4. The highest BCUT2D eigenvalue weighted by Gasteiger charge is 2.64. The molecule has 13 heteroatoms. The maximum Gasteiger partial charge on any atom is 0.255 e. The number of carbonyl (C=O) groups is 4. The molecule has 3 heterocycles. The number of piperidine rings is 1. The molecule has 306 valence electrons. The van der Waals surface area contributed by atoms with Gasteiger partial charge in [-0.05, 0) is 74.2 Å². The quantitative estimate of drug-likeness (QED) is 0.157. The van der Waals surface area contributed by atoms with E-state index in [9.17, 15) is 24.4 Å². The Hall–Kier alpha value is -4.96. The number of hydrogen-bond donors (Lipinski definition) is 2. The number of carbonyl (C=O) groups excluding carboxylic acids is 4. The van der Waals surface area contributed by atoms with Crippen LogP contribution in [0.1, 0.15) is 90.8 Å². The van der Waals surface area contributed by atoms with Crippen molar-refractivity contribution < 1.29 is 28.7 Å². The van der Waals surface area contributed by atoms with Gasteiger partial charge in [-0.1, -0.05) is 57.5 Å². The third kappa shape index (κ3) is 8.58. The Labute approximate surface area is 345 Å². The molecule has 0 unspecified atom stereocenters. The molecule has 2 saturated heterocycles. The third-order valence-corrected chi connectivity index (χ3v) is 12.8. The molecule has 2 N–H and O–H groups in total. The zero-order valence-corrected chi connectivity index (χ0v) is 34.6. The van der Waals surface area contributed by atoms with Gasteiger partial charge in [-0.2, -0.15) is 5.26 Å². The molecular formula is C45H53ClN6O6. The lowest BCUT2D eigenvalue weighted by Crippen LogP contribution is -2.74. The summed E-state index contributed by atoms with van der Waals surface area (Å²) in [5.74, 6) is 0.274. The number of hydrogen-bond acceptors (Lipinski definition) is 9. The summed E-state index contributed by atoms with van der Waals surface area (Å²) < 4.78 is 12.6. The van der Waals surface area contributed by atoms with Crippen molar-refractivity contribution in [3.05, 3.63) is 93.5 Å². The van der Waals surface area contributed by atoms with Crippen molar-refractivity contribution in [2.45, 2.75) is 84.5 Å². The van der Waals surface area contributed by atoms with Gasteiger partial charge in [0.15, 0.2) is 0 Å². The normalized spacial score (nSPS) is 22.7. The zero-order valence-electron chi connectivity index (χ0n) is 33.8. The van der Waals surface area contributed by atoms with Crippen molar-refractivity contribution >= 4 is 35.2 Å². The monoisotopic (exact) mass is 808 g/mol. The summed E-state index contributed by atoms with van der Waals surface area (Å²) in [5.41, 5.74) is 2.96. The lowest BCUT2D eigenvalue weighted by molar-refractivity contribution is -0.164. The average Bonchev–Trinajstić information content (AvgIpc) is 3.54. The van der Waals surface area contributed by atoms with Crippen LogP contribution < -0.4 is 20.1 Å². The van der Waals surface area contributed by atoms with Crippen LogP contribution in [0.25, 0.3) is 0 Å². The molecule has 3 aromatic carbocycles. The highest BCUT2D eigenvalue weighted by atomic mass is 35.5. The van der Waals surface area contributed by atoms with Crippen LogP contribution in [0, 0.1) is 22.2 Å². The second-order valence-electron chi connectivity index (χ2n) is 17.2. The molecule has 0 spiro atoms. The largest absolute Gasteiger partial charge is 0.492 e. The molecule has 7 rings (SSSR count). The molecule has 0 bridgehead atoms. The Balaban J connectivity index is 0.791. The van der Waals surface area contributed by atoms with Crippen LogP contribution >= 0.6 is 11.6 Å². The molecule has 1 atom stereocenters. The van der Waals surface area contributed by atoms with Crippen LogP contribution in [0.5, 0.6) is 11.5 Å². The van der Waals surface area contributed by atoms with Crippen LogP contribution in [-0.4, -0.2) is 102 Å². The minimum Gasteiger partial charge on any atom is -0.492 e. The maximum atomic E-state index is 13.4. The number of halogens is 1. The van der Waals surface area contributed by atoms with E-state index >= 15 is 0 Å². The fourth-order valence-electron chi connectivity index (χ4n) is 9.51. The van der Waals surface area contributed by atoms with Gasteiger partial charge in [0.05, 0.1) is 17.1 Å². The predicted octanol–water partition coefficient (Wildman–Crippen LogP) is 5.60. The SMILES string of the molecule is CC1(C)C(NC(=O)c2ccc(CCCCN3CCN(CCOc4cccc5c4CN([C@H]4CCC(=O)NC4=O)C5=O)CC3)cc2)C(C)(C)C1Oc1ccc(C#N)c(Cl)c1. The van der Waals surface area contributed by atoms with Crippen molar-refractivity contribution in [1.29, 1.82) is 5.26 Å². The van der Waals surface area contributed by atoms with Crippen molar-refractivity contribution in [2.75, 3.05) is 45.9 Å². The van der Waals surface area contributed by atoms with Crippen LogP contribution in [0.3, 0.4) is 0 Å². The number of nitriles is 1. The number of amides is 4. The van der Waals surface area contributed by atoms with E-state index < -0.39 is 11.9 Å². The summed E-state index contributed by atoms with van der Waals surface area (Å²) in [6, 6.07) is 19.8. The number of ether oxygens (including phenoxy) is 2. The number of aryl methyl sites for hydroxylation is 1. The Morgan fingerprint density at radius 2 is 1.66 bits per heavy atom. The number of nitrogens with one attached hydrogen (secondary N) is 2. The summed E-state index contributed by atoms with van der Waals surface area (Å²) in [4.78, 5) is 57.0. The first-order valence-corrected chi connectivity index (χ1v) is 20.7. The van der Waals surface area contributed by atoms with Crippen LogP contribution in [-0.2, 0) is 22.6 Å². The second-order valence-corrected chi connectivity index (χ2v) is 17.6. The van der Waals surface area contributed by atoms with E-state index in [-0.39, 0.29) is 47.1 Å². The van der Waals surface area contributed by atoms with Crippen LogP contribution in [0.4, 0.5) is 0 Å². The third-order valence-electron chi connectivity index (χ3n) is 12.5. The van der Waals surface area contributed by atoms with Crippen molar-refractivity contribution in [3.8, 4) is 17.6 Å². The summed E-state index contributed by atoms with van der Waals surface area (Å²) in [6.07, 6.45) is 3.52. The first kappa shape index (κ1) is 41.2. The van der Waals surface area contributed by atoms with E-state index in [1.807, 2.05) is 24.3 Å². The average molecular weight is 809 g/mol. The van der Waals surface area contributed by atoms with Gasteiger partial charge in [0.1, 0.15) is 36.3 Å². The van der Waals surface area contributed by atoms with Crippen molar-refractivity contribution in [1.82, 2.24) is 25.3 Å². The van der Waals surface area contributed by atoms with E-state index in [2.05, 4.69) is 66.3 Å². The topological polar surface area (TPSA) is 144 Å². The number of piperazine rings is 1. The van der Waals surface area contributed by atoms with Gasteiger partial charge < -0.3 is 24.6 Å². The Morgan fingerprint density at radius 3 is 2.33 bits per heavy atom. The molecule has 4 amide bonds. The van der Waals surface area contributed by atoms with Crippen molar-refractivity contribution in [3.63, 3.8) is 0 Å². The smallest absolute Gasteiger partial charge is 0.255 e. The van der Waals surface area contributed by atoms with Gasteiger partial charge in [-0.25, -0.2) is 0 Å². The van der Waals surface area contributed by atoms with E-state index in [0.29, 0.717) is 52.8 Å². The molecule has 12 nitrogen and oxygen atoms in total. The predicted molar refractivity (Wildman–Crippen MR) is 220 cm³/mol. The lowest BCUT2D eigenvalue weighted by Gasteiger charge is -2.63. The fourth-order valence-corrected chi connectivity index (χ4v) is 9.72. The van der Waals surface area contributed by atoms with E-state index in [1.165, 1.54) is 5.56 Å². The Bertz CT molecular complexity index is 2070. The zero-order chi connectivity index (χ0) is 41.2. The molecule has 0 aromatic heterocycles. The van der Waals surface area contributed by atoms with Gasteiger partial charge in [0.2, 0.25) is 11.8 Å². The number of nitrogens with zero attached hydrogens (tertiary/aromatic N) is 4. The highest BCUT2D eigenvalue weighted by molar-refractivity contribution is 6.31. The van der Waals surface area contributed by atoms with Gasteiger partial charge in [-0.15, -0.1) is 0 Å². The number of imide groups is 1. The maximum absolute atomic E-state index is 13.4. The van der Waals surface area contributed by atoms with Gasteiger partial charge >= 0.3 is 0 Å². The second kappa shape index (κ2) is 17.1. The van der Waals surface area contributed by atoms with Gasteiger partial charge in [0.25, 0.3) is 11.8 Å². The van der Waals surface area contributed by atoms with Crippen LogP contribution in [0.2, 0.25) is 5.02 Å². The molecule has 3 fully saturated rings. The number of unbranched alkanes of at least 4 members (excludes halogenated alkanes) is 1. The first-order chi connectivity index (χ1) is 27.8. The molecule has 4 aliphatic rings. The number of fused-ring (bicyclic) bond motifs is 1. The summed E-state index contributed by atoms with van der Waals surface area (Å²) in [6.45, 7) is 15.0. The van der Waals surface area contributed by atoms with Crippen molar-refractivity contribution in [2.24, 2.45) is 10.8 Å². The summed E-state index contributed by atoms with van der Waals surface area (Å²) in [7, 11) is 0. The number of rotatable bonds is 14. The highest BCUT2D eigenvalue weighted by Crippen LogP contribution is 2.55. The minimum absolute atomic E-state index is 0.0956. The Kier molecular flexibility index (Phi) is 12.1. The Morgan fingerprint density at radius 1 is 0.948 bits per heavy atom. The van der Waals surface area contributed by atoms with E-state index in [0.717, 1.165) is 64.1 Å². The molecule has 1 saturated carbocycles. The van der Waals surface area contributed by atoms with Gasteiger partial charge in [0, 0.05) is 78.8 Å². The summed E-state index contributed by atoms with van der Waals surface area (Å²) >= 11 is 6.24. The van der Waals surface area contributed by atoms with E-state index in [4.69, 9.17) is 21.1 Å². The molecule has 1 aliphatic carbocycles. The fraction of sp³-hybridized carbons (Fsp3) is 0.489. The molecule has 0 radical (unpaired) electrons. The molecule has 3 aromatic rings. The molecule has 3 aliphatic heterocycles. The summed E-state index contributed by atoms with van der Waals surface area (Å²) in [5, 5.41) is 15.2. The molecule has 58 heavy (non-hydrogen) atoms. The lowest BCUT2D eigenvalue weighted by atomic mass is 9.49. The minimum atomic E-state index is -0.645. The number of benzene rings is 3. The van der Waals surface area contributed by atoms with Crippen LogP contribution in [0.15, 0.2) is 60.7 Å². The van der Waals surface area contributed by atoms with Gasteiger partial charge in [-0.3, -0.25) is 29.4 Å².